The molecule has 0 aliphatic carbocycles. The number of rotatable bonds is 6. The van der Waals surface area contributed by atoms with Gasteiger partial charge in [0.2, 0.25) is 10.0 Å². The lowest BCUT2D eigenvalue weighted by molar-refractivity contribution is 0.582. The summed E-state index contributed by atoms with van der Waals surface area (Å²) in [5, 5.41) is 0. The van der Waals surface area contributed by atoms with Crippen LogP contribution >= 0.6 is 0 Å². The normalized spacial score (nSPS) is 11.9. The Morgan fingerprint density at radius 2 is 1.78 bits per heavy atom. The predicted octanol–water partition coefficient (Wildman–Crippen LogP) is 3.38. The molecule has 0 radical (unpaired) electrons. The van der Waals surface area contributed by atoms with E-state index in [0.29, 0.717) is 13.0 Å². The first kappa shape index (κ1) is 17.0. The van der Waals surface area contributed by atoms with E-state index in [4.69, 9.17) is 6.42 Å². The van der Waals surface area contributed by atoms with Crippen molar-refractivity contribution in [1.29, 1.82) is 0 Å². The molecule has 0 spiro atoms. The second-order valence-electron chi connectivity index (χ2n) is 5.13. The van der Waals surface area contributed by atoms with Crippen LogP contribution in [-0.2, 0) is 10.0 Å². The summed E-state index contributed by atoms with van der Waals surface area (Å²) in [5.41, 5.74) is 2.74. The molecule has 0 amide bonds. The summed E-state index contributed by atoms with van der Waals surface area (Å²) in [6, 6.07) is 16.4. The maximum atomic E-state index is 12.2. The van der Waals surface area contributed by atoms with Gasteiger partial charge >= 0.3 is 0 Å². The summed E-state index contributed by atoms with van der Waals surface area (Å²) in [4.78, 5) is 0.271. The topological polar surface area (TPSA) is 46.2 Å². The fourth-order valence-corrected chi connectivity index (χ4v) is 3.14. The lowest BCUT2D eigenvalue weighted by Crippen LogP contribution is -2.24. The Morgan fingerprint density at radius 1 is 1.13 bits per heavy atom. The summed E-state index contributed by atoms with van der Waals surface area (Å²) in [6.45, 7) is 2.22. The van der Waals surface area contributed by atoms with Gasteiger partial charge in [-0.1, -0.05) is 60.0 Å². The van der Waals surface area contributed by atoms with E-state index in [1.807, 2.05) is 43.3 Å². The summed E-state index contributed by atoms with van der Waals surface area (Å²) in [6.07, 6.45) is 7.92. The second kappa shape index (κ2) is 7.77. The summed E-state index contributed by atoms with van der Waals surface area (Å²) in [5.74, 6) is 2.64. The Bertz CT molecular complexity index is 814. The molecule has 0 saturated carbocycles. The minimum Gasteiger partial charge on any atom is -0.211 e. The van der Waals surface area contributed by atoms with Crippen LogP contribution in [0.4, 0.5) is 0 Å². The first-order valence-electron chi connectivity index (χ1n) is 7.31. The van der Waals surface area contributed by atoms with Crippen LogP contribution < -0.4 is 4.72 Å². The highest BCUT2D eigenvalue weighted by Gasteiger charge is 2.12. The molecule has 0 atom stereocenters. The van der Waals surface area contributed by atoms with Crippen LogP contribution in [0.3, 0.4) is 0 Å². The van der Waals surface area contributed by atoms with Gasteiger partial charge in [0.05, 0.1) is 4.90 Å². The van der Waals surface area contributed by atoms with Crippen LogP contribution in [0.5, 0.6) is 0 Å². The third-order valence-corrected chi connectivity index (χ3v) is 4.83. The second-order valence-corrected chi connectivity index (χ2v) is 6.89. The number of benzene rings is 2. The average molecular weight is 325 g/mol. The number of terminal acetylenes is 1. The molecule has 4 heteroatoms. The Morgan fingerprint density at radius 3 is 2.39 bits per heavy atom. The molecule has 0 heterocycles. The Balaban J connectivity index is 1.98. The highest BCUT2D eigenvalue weighted by atomic mass is 32.2. The van der Waals surface area contributed by atoms with E-state index in [-0.39, 0.29) is 4.90 Å². The highest BCUT2D eigenvalue weighted by Crippen LogP contribution is 2.14. The number of hydrogen-bond acceptors (Lipinski definition) is 2. The van der Waals surface area contributed by atoms with Gasteiger partial charge in [0.1, 0.15) is 0 Å². The zero-order chi connectivity index (χ0) is 16.7. The molecule has 0 unspecified atom stereocenters. The lowest BCUT2D eigenvalue weighted by Gasteiger charge is -2.06. The van der Waals surface area contributed by atoms with Crippen LogP contribution in [0.25, 0.3) is 5.57 Å². The molecule has 2 aromatic carbocycles. The maximum Gasteiger partial charge on any atom is 0.240 e. The van der Waals surface area contributed by atoms with Crippen LogP contribution in [0, 0.1) is 19.3 Å². The zero-order valence-corrected chi connectivity index (χ0v) is 13.8. The largest absolute Gasteiger partial charge is 0.240 e. The van der Waals surface area contributed by atoms with E-state index in [2.05, 4.69) is 10.6 Å². The van der Waals surface area contributed by atoms with Crippen LogP contribution in [0.15, 0.2) is 65.6 Å². The van der Waals surface area contributed by atoms with Crippen LogP contribution in [0.2, 0.25) is 0 Å². The van der Waals surface area contributed by atoms with Crippen molar-refractivity contribution in [1.82, 2.24) is 4.72 Å². The summed E-state index contributed by atoms with van der Waals surface area (Å²) in [7, 11) is -3.48. The molecule has 0 bridgehead atoms. The third kappa shape index (κ3) is 4.82. The summed E-state index contributed by atoms with van der Waals surface area (Å²) >= 11 is 0. The molecule has 118 valence electrons. The average Bonchev–Trinajstić information content (AvgIpc) is 2.56. The van der Waals surface area contributed by atoms with Gasteiger partial charge in [-0.25, -0.2) is 13.1 Å². The molecule has 0 aromatic heterocycles. The Hall–Kier alpha value is -2.35. The maximum absolute atomic E-state index is 12.2. The van der Waals surface area contributed by atoms with Gasteiger partial charge in [-0.3, -0.25) is 0 Å². The van der Waals surface area contributed by atoms with Crippen molar-refractivity contribution in [2.75, 3.05) is 6.54 Å². The van der Waals surface area contributed by atoms with Crippen molar-refractivity contribution in [2.45, 2.75) is 18.2 Å². The molecule has 3 nitrogen and oxygen atoms in total. The molecule has 23 heavy (non-hydrogen) atoms. The molecule has 1 N–H and O–H groups in total. The monoisotopic (exact) mass is 325 g/mol. The highest BCUT2D eigenvalue weighted by molar-refractivity contribution is 7.89. The number of allylic oxidation sites excluding steroid dienone is 1. The summed E-state index contributed by atoms with van der Waals surface area (Å²) < 4.78 is 26.9. The van der Waals surface area contributed by atoms with Crippen molar-refractivity contribution >= 4 is 15.6 Å². The van der Waals surface area contributed by atoms with Crippen molar-refractivity contribution in [3.63, 3.8) is 0 Å². The lowest BCUT2D eigenvalue weighted by atomic mass is 10.1. The molecular weight excluding hydrogens is 306 g/mol. The molecule has 0 fully saturated rings. The standard InChI is InChI=1S/C19H19NO2S/c1-3-17(18-8-5-4-6-9-18)10-7-15-20-23(21,22)19-13-11-16(2)12-14-19/h1,4-6,8-14,20H,7,15H2,2H3/b17-10+. The predicted molar refractivity (Wildman–Crippen MR) is 94.2 cm³/mol. The molecule has 2 aromatic rings. The number of sulfonamides is 1. The smallest absolute Gasteiger partial charge is 0.211 e. The van der Waals surface area contributed by atoms with Gasteiger partial charge in [-0.2, -0.15) is 0 Å². The van der Waals surface area contributed by atoms with E-state index < -0.39 is 10.0 Å². The molecular formula is C19H19NO2S. The van der Waals surface area contributed by atoms with Crippen molar-refractivity contribution in [3.8, 4) is 12.3 Å². The van der Waals surface area contributed by atoms with Crippen molar-refractivity contribution in [3.05, 3.63) is 71.8 Å². The minimum absolute atomic E-state index is 0.271. The molecule has 0 aliphatic rings. The van der Waals surface area contributed by atoms with Gasteiger partial charge in [-0.05, 0) is 31.0 Å². The SMILES string of the molecule is C#C/C(=C\CCNS(=O)(=O)c1ccc(C)cc1)c1ccccc1. The van der Waals surface area contributed by atoms with E-state index in [1.54, 1.807) is 24.3 Å². The van der Waals surface area contributed by atoms with Crippen molar-refractivity contribution < 1.29 is 8.42 Å². The first-order chi connectivity index (χ1) is 11.0. The fourth-order valence-electron chi connectivity index (χ4n) is 2.09. The van der Waals surface area contributed by atoms with E-state index in [0.717, 1.165) is 16.7 Å². The third-order valence-electron chi connectivity index (χ3n) is 3.36. The van der Waals surface area contributed by atoms with E-state index in [1.165, 1.54) is 0 Å². The number of aryl methyl sites for hydroxylation is 1. The van der Waals surface area contributed by atoms with Gasteiger partial charge in [0, 0.05) is 12.1 Å². The fraction of sp³-hybridized carbons (Fsp3) is 0.158. The van der Waals surface area contributed by atoms with E-state index >= 15 is 0 Å². The zero-order valence-electron chi connectivity index (χ0n) is 13.0. The van der Waals surface area contributed by atoms with E-state index in [9.17, 15) is 8.42 Å². The molecule has 0 saturated heterocycles. The van der Waals surface area contributed by atoms with Gasteiger partial charge in [0.25, 0.3) is 0 Å². The Labute approximate surface area is 138 Å². The Kier molecular flexibility index (Phi) is 5.75. The van der Waals surface area contributed by atoms with Gasteiger partial charge in [0.15, 0.2) is 0 Å². The van der Waals surface area contributed by atoms with Crippen LogP contribution in [-0.4, -0.2) is 15.0 Å². The van der Waals surface area contributed by atoms with Crippen molar-refractivity contribution in [2.24, 2.45) is 0 Å². The molecule has 2 rings (SSSR count). The quantitative estimate of drug-likeness (QED) is 0.654. The number of hydrogen-bond donors (Lipinski definition) is 1. The first-order valence-corrected chi connectivity index (χ1v) is 8.80. The number of nitrogens with one attached hydrogen (secondary N) is 1. The molecule has 0 aliphatic heterocycles. The van der Waals surface area contributed by atoms with Gasteiger partial charge in [-0.15, -0.1) is 6.42 Å². The van der Waals surface area contributed by atoms with Gasteiger partial charge < -0.3 is 0 Å². The minimum atomic E-state index is -3.48. The van der Waals surface area contributed by atoms with Crippen LogP contribution in [0.1, 0.15) is 17.5 Å².